The first kappa shape index (κ1) is 14.7. The van der Waals surface area contributed by atoms with Crippen LogP contribution in [-0.4, -0.2) is 23.2 Å². The molecule has 0 amide bonds. The number of hydrogen-bond donors (Lipinski definition) is 1. The molecule has 0 bridgehead atoms. The highest BCUT2D eigenvalue weighted by molar-refractivity contribution is 7.94. The number of thiophene rings is 1. The monoisotopic (exact) mass is 334 g/mol. The summed E-state index contributed by atoms with van der Waals surface area (Å²) in [5.74, 6) is 0. The van der Waals surface area contributed by atoms with Gasteiger partial charge in [-0.3, -0.25) is 4.72 Å². The molecule has 22 heavy (non-hydrogen) atoms. The van der Waals surface area contributed by atoms with Crippen molar-refractivity contribution < 1.29 is 8.42 Å². The molecule has 0 aliphatic heterocycles. The van der Waals surface area contributed by atoms with Crippen LogP contribution in [0.2, 0.25) is 0 Å². The Morgan fingerprint density at radius 3 is 2.55 bits per heavy atom. The van der Waals surface area contributed by atoms with E-state index in [1.54, 1.807) is 35.3 Å². The second kappa shape index (κ2) is 5.90. The molecule has 1 aromatic carbocycles. The minimum absolute atomic E-state index is 0.316. The van der Waals surface area contributed by atoms with Crippen LogP contribution >= 0.6 is 11.3 Å². The molecule has 0 aliphatic rings. The van der Waals surface area contributed by atoms with E-state index in [4.69, 9.17) is 0 Å². The van der Waals surface area contributed by atoms with E-state index in [2.05, 4.69) is 14.8 Å². The van der Waals surface area contributed by atoms with Crippen LogP contribution in [0.1, 0.15) is 10.4 Å². The molecular formula is C14H14N4O2S2. The number of sulfonamides is 1. The van der Waals surface area contributed by atoms with E-state index in [1.165, 1.54) is 17.7 Å². The maximum absolute atomic E-state index is 12.2. The van der Waals surface area contributed by atoms with Crippen molar-refractivity contribution in [3.8, 4) is 0 Å². The predicted molar refractivity (Wildman–Crippen MR) is 85.4 cm³/mol. The van der Waals surface area contributed by atoms with Crippen LogP contribution in [0.5, 0.6) is 0 Å². The van der Waals surface area contributed by atoms with Crippen molar-refractivity contribution in [1.29, 1.82) is 0 Å². The molecule has 0 saturated heterocycles. The van der Waals surface area contributed by atoms with Crippen LogP contribution in [0, 0.1) is 6.92 Å². The Bertz CT molecular complexity index is 853. The summed E-state index contributed by atoms with van der Waals surface area (Å²) in [7, 11) is -3.51. The van der Waals surface area contributed by atoms with Crippen molar-refractivity contribution in [2.24, 2.45) is 0 Å². The third kappa shape index (κ3) is 3.34. The van der Waals surface area contributed by atoms with Crippen LogP contribution in [0.4, 0.5) is 5.69 Å². The van der Waals surface area contributed by atoms with Gasteiger partial charge in [-0.25, -0.2) is 18.1 Å². The molecule has 114 valence electrons. The third-order valence-electron chi connectivity index (χ3n) is 3.00. The van der Waals surface area contributed by atoms with Crippen LogP contribution in [-0.2, 0) is 16.6 Å². The Hall–Kier alpha value is -2.19. The summed E-state index contributed by atoms with van der Waals surface area (Å²) in [6.45, 7) is 2.47. The van der Waals surface area contributed by atoms with E-state index in [0.717, 1.165) is 10.4 Å². The van der Waals surface area contributed by atoms with E-state index >= 15 is 0 Å². The van der Waals surface area contributed by atoms with Gasteiger partial charge in [-0.2, -0.15) is 5.10 Å². The number of aromatic nitrogens is 3. The Kier molecular flexibility index (Phi) is 3.95. The van der Waals surface area contributed by atoms with Crippen molar-refractivity contribution in [2.45, 2.75) is 17.7 Å². The van der Waals surface area contributed by atoms with Gasteiger partial charge in [0.15, 0.2) is 0 Å². The van der Waals surface area contributed by atoms with Crippen LogP contribution in [0.15, 0.2) is 53.3 Å². The lowest BCUT2D eigenvalue weighted by Crippen LogP contribution is -2.11. The Balaban J connectivity index is 1.73. The molecule has 0 saturated carbocycles. The first-order valence-electron chi connectivity index (χ1n) is 6.53. The maximum Gasteiger partial charge on any atom is 0.271 e. The molecule has 0 fully saturated rings. The zero-order valence-electron chi connectivity index (χ0n) is 11.8. The molecule has 0 unspecified atom stereocenters. The zero-order valence-corrected chi connectivity index (χ0v) is 13.4. The van der Waals surface area contributed by atoms with Gasteiger partial charge >= 0.3 is 0 Å². The lowest BCUT2D eigenvalue weighted by Gasteiger charge is -2.07. The number of nitrogens with zero attached hydrogens (tertiary/aromatic N) is 3. The van der Waals surface area contributed by atoms with Crippen molar-refractivity contribution >= 4 is 27.0 Å². The fourth-order valence-electron chi connectivity index (χ4n) is 1.94. The highest BCUT2D eigenvalue weighted by Crippen LogP contribution is 2.23. The van der Waals surface area contributed by atoms with E-state index in [0.29, 0.717) is 16.4 Å². The summed E-state index contributed by atoms with van der Waals surface area (Å²) >= 11 is 1.25. The standard InChI is InChI=1S/C14H14N4O2S2/c1-11-2-7-14(21-11)22(19,20)17-13-5-3-12(4-6-13)8-18-10-15-9-16-18/h2-7,9-10,17H,8H2,1H3. The summed E-state index contributed by atoms with van der Waals surface area (Å²) in [4.78, 5) is 4.84. The molecular weight excluding hydrogens is 320 g/mol. The molecule has 2 aromatic heterocycles. The lowest BCUT2D eigenvalue weighted by molar-refractivity contribution is 0.603. The first-order valence-corrected chi connectivity index (χ1v) is 8.83. The third-order valence-corrected chi connectivity index (χ3v) is 5.87. The molecule has 0 radical (unpaired) electrons. The van der Waals surface area contributed by atoms with Gasteiger partial charge in [-0.05, 0) is 36.8 Å². The normalized spacial score (nSPS) is 11.5. The Morgan fingerprint density at radius 2 is 1.95 bits per heavy atom. The maximum atomic E-state index is 12.2. The van der Waals surface area contributed by atoms with Crippen molar-refractivity contribution in [3.05, 3.63) is 59.5 Å². The Morgan fingerprint density at radius 1 is 1.18 bits per heavy atom. The quantitative estimate of drug-likeness (QED) is 0.778. The number of aryl methyl sites for hydroxylation is 1. The highest BCUT2D eigenvalue weighted by Gasteiger charge is 2.16. The second-order valence-corrected chi connectivity index (χ2v) is 7.96. The fraction of sp³-hybridized carbons (Fsp3) is 0.143. The molecule has 3 rings (SSSR count). The second-order valence-electron chi connectivity index (χ2n) is 4.76. The summed E-state index contributed by atoms with van der Waals surface area (Å²) in [5, 5.41) is 4.03. The number of benzene rings is 1. The van der Waals surface area contributed by atoms with Gasteiger partial charge in [-0.15, -0.1) is 11.3 Å². The molecule has 8 heteroatoms. The van der Waals surface area contributed by atoms with Crippen molar-refractivity contribution in [3.63, 3.8) is 0 Å². The van der Waals surface area contributed by atoms with E-state index in [-0.39, 0.29) is 0 Å². The molecule has 6 nitrogen and oxygen atoms in total. The first-order chi connectivity index (χ1) is 10.5. The van der Waals surface area contributed by atoms with Crippen molar-refractivity contribution in [2.75, 3.05) is 4.72 Å². The summed E-state index contributed by atoms with van der Waals surface area (Å²) in [6, 6.07) is 10.6. The van der Waals surface area contributed by atoms with Crippen molar-refractivity contribution in [1.82, 2.24) is 14.8 Å². The molecule has 1 N–H and O–H groups in total. The van der Waals surface area contributed by atoms with E-state index < -0.39 is 10.0 Å². The largest absolute Gasteiger partial charge is 0.279 e. The topological polar surface area (TPSA) is 76.9 Å². The average Bonchev–Trinajstić information content (AvgIpc) is 3.12. The van der Waals surface area contributed by atoms with Gasteiger partial charge in [0.2, 0.25) is 0 Å². The number of anilines is 1. The fourth-order valence-corrected chi connectivity index (χ4v) is 4.28. The van der Waals surface area contributed by atoms with Crippen LogP contribution in [0.3, 0.4) is 0 Å². The molecule has 2 heterocycles. The molecule has 0 atom stereocenters. The number of nitrogens with one attached hydrogen (secondary N) is 1. The van der Waals surface area contributed by atoms with Gasteiger partial charge in [0.1, 0.15) is 16.9 Å². The minimum atomic E-state index is -3.51. The predicted octanol–water partition coefficient (Wildman–Crippen LogP) is 2.50. The van der Waals surface area contributed by atoms with Gasteiger partial charge in [0.05, 0.1) is 6.54 Å². The average molecular weight is 334 g/mol. The molecule has 3 aromatic rings. The van der Waals surface area contributed by atoms with Crippen LogP contribution in [0.25, 0.3) is 0 Å². The number of rotatable bonds is 5. The van der Waals surface area contributed by atoms with E-state index in [9.17, 15) is 8.42 Å². The highest BCUT2D eigenvalue weighted by atomic mass is 32.2. The Labute approximate surface area is 132 Å². The minimum Gasteiger partial charge on any atom is -0.279 e. The summed E-state index contributed by atoms with van der Waals surface area (Å²) in [6.07, 6.45) is 3.11. The van der Waals surface area contributed by atoms with E-state index in [1.807, 2.05) is 19.1 Å². The van der Waals surface area contributed by atoms with Crippen LogP contribution < -0.4 is 4.72 Å². The van der Waals surface area contributed by atoms with Gasteiger partial charge in [0.25, 0.3) is 10.0 Å². The zero-order chi connectivity index (χ0) is 15.6. The summed E-state index contributed by atoms with van der Waals surface area (Å²) in [5.41, 5.74) is 1.55. The SMILES string of the molecule is Cc1ccc(S(=O)(=O)Nc2ccc(Cn3cncn3)cc2)s1. The molecule has 0 spiro atoms. The number of hydrogen-bond acceptors (Lipinski definition) is 5. The van der Waals surface area contributed by atoms with Gasteiger partial charge in [-0.1, -0.05) is 12.1 Å². The molecule has 0 aliphatic carbocycles. The van der Waals surface area contributed by atoms with Gasteiger partial charge < -0.3 is 0 Å². The van der Waals surface area contributed by atoms with Gasteiger partial charge in [0, 0.05) is 10.6 Å². The summed E-state index contributed by atoms with van der Waals surface area (Å²) < 4.78 is 29.1. The smallest absolute Gasteiger partial charge is 0.271 e. The lowest BCUT2D eigenvalue weighted by atomic mass is 10.2.